The summed E-state index contributed by atoms with van der Waals surface area (Å²) in [6.45, 7) is 9.40. The number of furan rings is 1. The van der Waals surface area contributed by atoms with E-state index in [9.17, 15) is 0 Å². The van der Waals surface area contributed by atoms with Crippen molar-refractivity contribution in [1.82, 2.24) is 0 Å². The molecule has 2 nitrogen and oxygen atoms in total. The quantitative estimate of drug-likeness (QED) is 0.211. The van der Waals surface area contributed by atoms with Gasteiger partial charge in [0.2, 0.25) is 0 Å². The van der Waals surface area contributed by atoms with Crippen molar-refractivity contribution in [3.63, 3.8) is 0 Å². The van der Waals surface area contributed by atoms with Gasteiger partial charge in [-0.1, -0.05) is 131 Å². The maximum atomic E-state index is 7.07. The van der Waals surface area contributed by atoms with Gasteiger partial charge in [0.1, 0.15) is 5.58 Å². The Morgan fingerprint density at radius 2 is 1.30 bits per heavy atom. The molecule has 3 aliphatic carbocycles. The lowest BCUT2D eigenvalue weighted by Gasteiger charge is -2.35. The van der Waals surface area contributed by atoms with Gasteiger partial charge >= 0.3 is 0 Å². The van der Waals surface area contributed by atoms with Crippen molar-refractivity contribution >= 4 is 38.9 Å². The highest BCUT2D eigenvalue weighted by Gasteiger charge is 2.41. The zero-order valence-corrected chi connectivity index (χ0v) is 25.7. The summed E-state index contributed by atoms with van der Waals surface area (Å²) in [4.78, 5) is 2.50. The van der Waals surface area contributed by atoms with E-state index in [1.54, 1.807) is 0 Å². The topological polar surface area (TPSA) is 16.4 Å². The first-order valence-corrected chi connectivity index (χ1v) is 15.8. The van der Waals surface area contributed by atoms with Crippen LogP contribution in [0.4, 0.5) is 11.4 Å². The Kier molecular flexibility index (Phi) is 5.17. The molecule has 214 valence electrons. The van der Waals surface area contributed by atoms with E-state index in [1.807, 2.05) is 0 Å². The van der Waals surface area contributed by atoms with Gasteiger partial charge in [-0.15, -0.1) is 0 Å². The van der Waals surface area contributed by atoms with Gasteiger partial charge in [0, 0.05) is 32.9 Å². The first kappa shape index (κ1) is 25.7. The average molecular weight is 570 g/mol. The molecule has 5 aromatic carbocycles. The largest absolute Gasteiger partial charge is 0.453 e. The Hall–Kier alpha value is -4.82. The lowest BCUT2D eigenvalue weighted by molar-refractivity contribution is 0.641. The summed E-state index contributed by atoms with van der Waals surface area (Å²) in [6, 6.07) is 40.0. The molecular weight excluding hydrogens is 534 g/mol. The number of nitrogens with zero attached hydrogens (tertiary/aromatic N) is 1. The molecule has 0 bridgehead atoms. The first-order valence-electron chi connectivity index (χ1n) is 15.8. The van der Waals surface area contributed by atoms with Crippen LogP contribution in [0.3, 0.4) is 0 Å². The Morgan fingerprint density at radius 3 is 2.09 bits per heavy atom. The van der Waals surface area contributed by atoms with Crippen molar-refractivity contribution < 1.29 is 4.42 Å². The second kappa shape index (κ2) is 8.86. The summed E-state index contributed by atoms with van der Waals surface area (Å²) < 4.78 is 7.07. The van der Waals surface area contributed by atoms with Crippen LogP contribution in [-0.4, -0.2) is 6.04 Å². The van der Waals surface area contributed by atoms with Crippen molar-refractivity contribution in [3.8, 4) is 11.1 Å². The monoisotopic (exact) mass is 569 g/mol. The summed E-state index contributed by atoms with van der Waals surface area (Å²) in [5.74, 6) is 0. The molecule has 44 heavy (non-hydrogen) atoms. The van der Waals surface area contributed by atoms with Gasteiger partial charge in [0.05, 0.1) is 11.7 Å². The third-order valence-corrected chi connectivity index (χ3v) is 10.6. The van der Waals surface area contributed by atoms with Crippen molar-refractivity contribution in [2.45, 2.75) is 51.0 Å². The lowest BCUT2D eigenvalue weighted by Crippen LogP contribution is -2.32. The second-order valence-electron chi connectivity index (χ2n) is 13.7. The molecule has 1 atom stereocenters. The van der Waals surface area contributed by atoms with Gasteiger partial charge in [-0.25, -0.2) is 0 Å². The van der Waals surface area contributed by atoms with E-state index < -0.39 is 0 Å². The van der Waals surface area contributed by atoms with Gasteiger partial charge in [-0.05, 0) is 63.6 Å². The Labute approximate surface area is 259 Å². The molecule has 2 heteroatoms. The summed E-state index contributed by atoms with van der Waals surface area (Å²) >= 11 is 0. The molecule has 1 heterocycles. The van der Waals surface area contributed by atoms with Gasteiger partial charge in [0.25, 0.3) is 0 Å². The molecule has 1 unspecified atom stereocenters. The molecule has 0 N–H and O–H groups in total. The van der Waals surface area contributed by atoms with Gasteiger partial charge in [-0.2, -0.15) is 0 Å². The van der Waals surface area contributed by atoms with Gasteiger partial charge < -0.3 is 9.32 Å². The summed E-state index contributed by atoms with van der Waals surface area (Å²) in [5, 5.41) is 2.34. The molecule has 0 spiro atoms. The predicted octanol–water partition coefficient (Wildman–Crippen LogP) is 11.1. The van der Waals surface area contributed by atoms with E-state index in [0.717, 1.165) is 28.7 Å². The summed E-state index contributed by atoms with van der Waals surface area (Å²) in [7, 11) is 0. The van der Waals surface area contributed by atoms with Crippen LogP contribution < -0.4 is 4.90 Å². The molecular formula is C42H35NO. The normalized spacial score (nSPS) is 18.8. The van der Waals surface area contributed by atoms with Crippen LogP contribution in [0.1, 0.15) is 56.4 Å². The number of benzene rings is 5. The third kappa shape index (κ3) is 3.31. The molecule has 0 radical (unpaired) electrons. The molecule has 6 aromatic rings. The van der Waals surface area contributed by atoms with Crippen molar-refractivity contribution in [2.75, 3.05) is 4.90 Å². The number of para-hydroxylation sites is 2. The van der Waals surface area contributed by atoms with E-state index in [4.69, 9.17) is 4.42 Å². The van der Waals surface area contributed by atoms with E-state index in [-0.39, 0.29) is 16.9 Å². The minimum absolute atomic E-state index is 0.0461. The fraction of sp³-hybridized carbons (Fsp3) is 0.190. The van der Waals surface area contributed by atoms with Crippen LogP contribution in [0.5, 0.6) is 0 Å². The van der Waals surface area contributed by atoms with E-state index in [2.05, 4.69) is 154 Å². The fourth-order valence-electron chi connectivity index (χ4n) is 8.40. The second-order valence-corrected chi connectivity index (χ2v) is 13.7. The minimum atomic E-state index is -0.0675. The standard InChI is InChI=1S/C42H35NO/c1-41(2)34-19-11-9-16-32(34)38-35(41)24-23-31-30-17-12-20-37(39(30)44-40(31)38)43(26-13-6-5-7-14-26)27-21-22-29-28-15-8-10-18-33(28)42(3,4)36(29)25-27/h5-20,22-25,27H,21H2,1-4H3. The summed E-state index contributed by atoms with van der Waals surface area (Å²) in [5.41, 5.74) is 15.0. The number of rotatable bonds is 3. The maximum Gasteiger partial charge on any atom is 0.159 e. The van der Waals surface area contributed by atoms with Crippen LogP contribution in [0, 0.1) is 0 Å². The zero-order valence-electron chi connectivity index (χ0n) is 25.7. The van der Waals surface area contributed by atoms with Crippen LogP contribution in [0.2, 0.25) is 0 Å². The number of anilines is 2. The highest BCUT2D eigenvalue weighted by molar-refractivity contribution is 6.14. The Bertz CT molecular complexity index is 2210. The van der Waals surface area contributed by atoms with Crippen LogP contribution in [-0.2, 0) is 10.8 Å². The smallest absolute Gasteiger partial charge is 0.159 e. The Morgan fingerprint density at radius 1 is 0.614 bits per heavy atom. The number of allylic oxidation sites excluding steroid dienone is 2. The SMILES string of the molecule is CC1(C)C2=CC(N(c3ccccc3)c3cccc4c3oc3c5c(ccc34)C(C)(C)c3ccccc3-5)CC=C2c2ccccc21. The summed E-state index contributed by atoms with van der Waals surface area (Å²) in [6.07, 6.45) is 5.92. The lowest BCUT2D eigenvalue weighted by atomic mass is 9.79. The van der Waals surface area contributed by atoms with Crippen LogP contribution in [0.25, 0.3) is 38.6 Å². The van der Waals surface area contributed by atoms with E-state index >= 15 is 0 Å². The van der Waals surface area contributed by atoms with E-state index in [1.165, 1.54) is 55.6 Å². The molecule has 0 fully saturated rings. The maximum absolute atomic E-state index is 7.07. The van der Waals surface area contributed by atoms with E-state index in [0.29, 0.717) is 0 Å². The highest BCUT2D eigenvalue weighted by Crippen LogP contribution is 2.54. The molecule has 1 aromatic heterocycles. The number of hydrogen-bond acceptors (Lipinski definition) is 2. The number of fused-ring (bicyclic) bond motifs is 10. The predicted molar refractivity (Wildman–Crippen MR) is 184 cm³/mol. The molecule has 0 saturated heterocycles. The van der Waals surface area contributed by atoms with Crippen molar-refractivity contribution in [3.05, 3.63) is 149 Å². The fourth-order valence-corrected chi connectivity index (χ4v) is 8.40. The van der Waals surface area contributed by atoms with Gasteiger partial charge in [-0.3, -0.25) is 0 Å². The van der Waals surface area contributed by atoms with Crippen LogP contribution in [0.15, 0.2) is 131 Å². The third-order valence-electron chi connectivity index (χ3n) is 10.6. The molecule has 3 aliphatic rings. The van der Waals surface area contributed by atoms with Crippen molar-refractivity contribution in [2.24, 2.45) is 0 Å². The average Bonchev–Trinajstić information content (AvgIpc) is 3.62. The van der Waals surface area contributed by atoms with Crippen LogP contribution >= 0.6 is 0 Å². The zero-order chi connectivity index (χ0) is 29.8. The minimum Gasteiger partial charge on any atom is -0.453 e. The molecule has 9 rings (SSSR count). The first-order chi connectivity index (χ1) is 21.4. The van der Waals surface area contributed by atoms with Crippen molar-refractivity contribution in [1.29, 1.82) is 0 Å². The number of hydrogen-bond donors (Lipinski definition) is 0. The Balaban J connectivity index is 1.26. The van der Waals surface area contributed by atoms with Gasteiger partial charge in [0.15, 0.2) is 5.58 Å². The highest BCUT2D eigenvalue weighted by atomic mass is 16.3. The molecule has 0 aliphatic heterocycles. The molecule has 0 saturated carbocycles. The molecule has 0 amide bonds.